The van der Waals surface area contributed by atoms with E-state index >= 15 is 0 Å². The van der Waals surface area contributed by atoms with Gasteiger partial charge in [0.15, 0.2) is 0 Å². The molecule has 2 aromatic rings. The molecule has 0 saturated heterocycles. The predicted octanol–water partition coefficient (Wildman–Crippen LogP) is 4.00. The minimum absolute atomic E-state index is 0.00585. The number of benzene rings is 2. The summed E-state index contributed by atoms with van der Waals surface area (Å²) in [4.78, 5) is 12.1. The summed E-state index contributed by atoms with van der Waals surface area (Å²) in [7, 11) is 0. The minimum Gasteiger partial charge on any atom is -0.273 e. The molecule has 3 rings (SSSR count). The van der Waals surface area contributed by atoms with Crippen LogP contribution in [0.2, 0.25) is 0 Å². The Morgan fingerprint density at radius 2 is 1.74 bits per heavy atom. The number of nitrogens with zero attached hydrogens (tertiary/aromatic N) is 1. The molecule has 2 aromatic carbocycles. The van der Waals surface area contributed by atoms with Crippen molar-refractivity contribution < 1.29 is 4.79 Å². The Hall–Kier alpha value is -2.68. The molecule has 2 atom stereocenters. The van der Waals surface area contributed by atoms with Gasteiger partial charge in [-0.1, -0.05) is 66.7 Å². The van der Waals surface area contributed by atoms with E-state index in [-0.39, 0.29) is 11.8 Å². The standard InChI is InChI=1S/C20H20N2O/c1-15(12-13-16-8-4-2-5-9-16)21-22-20(23)19-14-18(19)17-10-6-3-7-11-17/h2-13,18-19H,14H2,1H3,(H,22,23)/b13-12-,21-15?/t18-,19+/m0/s1. The second-order valence-electron chi connectivity index (χ2n) is 5.83. The molecule has 0 bridgehead atoms. The summed E-state index contributed by atoms with van der Waals surface area (Å²) in [6.45, 7) is 1.88. The quantitative estimate of drug-likeness (QED) is 0.658. The molecule has 0 aliphatic heterocycles. The summed E-state index contributed by atoms with van der Waals surface area (Å²) in [5.41, 5.74) is 5.80. The molecule has 0 radical (unpaired) electrons. The third kappa shape index (κ3) is 4.16. The van der Waals surface area contributed by atoms with Gasteiger partial charge in [0, 0.05) is 5.92 Å². The van der Waals surface area contributed by atoms with Gasteiger partial charge in [0.2, 0.25) is 5.91 Å². The molecular formula is C20H20N2O. The van der Waals surface area contributed by atoms with Gasteiger partial charge >= 0.3 is 0 Å². The SMILES string of the molecule is CC(/C=C\c1ccccc1)=NNC(=O)[C@@H]1C[C@H]1c1ccccc1. The Labute approximate surface area is 136 Å². The van der Waals surface area contributed by atoms with Crippen LogP contribution in [0, 0.1) is 5.92 Å². The lowest BCUT2D eigenvalue weighted by molar-refractivity contribution is -0.122. The smallest absolute Gasteiger partial charge is 0.243 e. The van der Waals surface area contributed by atoms with Crippen molar-refractivity contribution in [3.8, 4) is 0 Å². The Morgan fingerprint density at radius 1 is 1.09 bits per heavy atom. The second kappa shape index (κ2) is 7.05. The maximum absolute atomic E-state index is 12.1. The number of carbonyl (C=O) groups excluding carboxylic acids is 1. The van der Waals surface area contributed by atoms with Crippen LogP contribution >= 0.6 is 0 Å². The van der Waals surface area contributed by atoms with Gasteiger partial charge in [-0.2, -0.15) is 5.10 Å². The highest BCUT2D eigenvalue weighted by Gasteiger charge is 2.43. The number of hydrazone groups is 1. The normalized spacial score (nSPS) is 20.5. The number of hydrogen-bond acceptors (Lipinski definition) is 2. The minimum atomic E-state index is 0.00585. The van der Waals surface area contributed by atoms with E-state index in [4.69, 9.17) is 0 Å². The van der Waals surface area contributed by atoms with Gasteiger partial charge in [-0.25, -0.2) is 5.43 Å². The van der Waals surface area contributed by atoms with Crippen LogP contribution in [0.5, 0.6) is 0 Å². The highest BCUT2D eigenvalue weighted by Crippen LogP contribution is 2.47. The van der Waals surface area contributed by atoms with Gasteiger partial charge in [0.1, 0.15) is 0 Å². The zero-order valence-corrected chi connectivity index (χ0v) is 13.1. The number of carbonyl (C=O) groups is 1. The summed E-state index contributed by atoms with van der Waals surface area (Å²) in [6.07, 6.45) is 4.79. The van der Waals surface area contributed by atoms with Crippen molar-refractivity contribution in [2.45, 2.75) is 19.3 Å². The maximum atomic E-state index is 12.1. The van der Waals surface area contributed by atoms with Gasteiger partial charge in [-0.05, 0) is 36.5 Å². The molecule has 0 unspecified atom stereocenters. The van der Waals surface area contributed by atoms with Crippen LogP contribution in [-0.4, -0.2) is 11.6 Å². The Kier molecular flexibility index (Phi) is 4.67. The van der Waals surface area contributed by atoms with Gasteiger partial charge < -0.3 is 0 Å². The molecule has 0 spiro atoms. The predicted molar refractivity (Wildman–Crippen MR) is 94.0 cm³/mol. The molecule has 1 fully saturated rings. The number of nitrogens with one attached hydrogen (secondary N) is 1. The molecule has 0 aromatic heterocycles. The van der Waals surface area contributed by atoms with E-state index < -0.39 is 0 Å². The highest BCUT2D eigenvalue weighted by atomic mass is 16.2. The van der Waals surface area contributed by atoms with Gasteiger partial charge in [0.25, 0.3) is 0 Å². The van der Waals surface area contributed by atoms with Crippen molar-refractivity contribution in [1.29, 1.82) is 0 Å². The van der Waals surface area contributed by atoms with E-state index in [1.165, 1.54) is 5.56 Å². The number of allylic oxidation sites excluding steroid dienone is 1. The third-order valence-corrected chi connectivity index (χ3v) is 4.01. The number of amides is 1. The van der Waals surface area contributed by atoms with Crippen molar-refractivity contribution in [2.24, 2.45) is 11.0 Å². The van der Waals surface area contributed by atoms with Crippen molar-refractivity contribution in [3.63, 3.8) is 0 Å². The number of hydrogen-bond donors (Lipinski definition) is 1. The summed E-state index contributed by atoms with van der Waals surface area (Å²) in [6, 6.07) is 20.2. The van der Waals surface area contributed by atoms with Crippen LogP contribution in [0.1, 0.15) is 30.4 Å². The molecule has 1 saturated carbocycles. The summed E-state index contributed by atoms with van der Waals surface area (Å²) >= 11 is 0. The fourth-order valence-electron chi connectivity index (χ4n) is 2.60. The lowest BCUT2D eigenvalue weighted by Gasteiger charge is -2.01. The average Bonchev–Trinajstić information content (AvgIpc) is 3.40. The van der Waals surface area contributed by atoms with Crippen molar-refractivity contribution in [1.82, 2.24) is 5.43 Å². The molecule has 3 nitrogen and oxygen atoms in total. The van der Waals surface area contributed by atoms with Gasteiger partial charge in [0.05, 0.1) is 5.71 Å². The molecule has 0 heterocycles. The summed E-state index contributed by atoms with van der Waals surface area (Å²) in [5.74, 6) is 0.393. The van der Waals surface area contributed by atoms with E-state index in [1.807, 2.05) is 67.6 Å². The summed E-state index contributed by atoms with van der Waals surface area (Å²) in [5, 5.41) is 4.16. The monoisotopic (exact) mass is 304 g/mol. The van der Waals surface area contributed by atoms with Crippen molar-refractivity contribution >= 4 is 17.7 Å². The number of rotatable bonds is 5. The molecule has 1 amide bonds. The Bertz CT molecular complexity index is 720. The summed E-state index contributed by atoms with van der Waals surface area (Å²) < 4.78 is 0. The lowest BCUT2D eigenvalue weighted by Crippen LogP contribution is -2.21. The topological polar surface area (TPSA) is 41.5 Å². The molecule has 1 aliphatic carbocycles. The molecule has 1 N–H and O–H groups in total. The fourth-order valence-corrected chi connectivity index (χ4v) is 2.60. The highest BCUT2D eigenvalue weighted by molar-refractivity contribution is 5.97. The zero-order chi connectivity index (χ0) is 16.1. The van der Waals surface area contributed by atoms with E-state index in [9.17, 15) is 4.79 Å². The van der Waals surface area contributed by atoms with Crippen LogP contribution in [0.15, 0.2) is 71.8 Å². The molecule has 23 heavy (non-hydrogen) atoms. The van der Waals surface area contributed by atoms with Crippen LogP contribution in [0.3, 0.4) is 0 Å². The first-order chi connectivity index (χ1) is 11.2. The van der Waals surface area contributed by atoms with E-state index in [2.05, 4.69) is 22.7 Å². The Morgan fingerprint density at radius 3 is 2.43 bits per heavy atom. The van der Waals surface area contributed by atoms with Crippen LogP contribution < -0.4 is 5.43 Å². The average molecular weight is 304 g/mol. The van der Waals surface area contributed by atoms with E-state index in [0.29, 0.717) is 5.92 Å². The first kappa shape index (κ1) is 15.2. The molecule has 116 valence electrons. The van der Waals surface area contributed by atoms with Gasteiger partial charge in [-0.3, -0.25) is 4.79 Å². The zero-order valence-electron chi connectivity index (χ0n) is 13.1. The van der Waals surface area contributed by atoms with Crippen molar-refractivity contribution in [2.75, 3.05) is 0 Å². The largest absolute Gasteiger partial charge is 0.273 e. The van der Waals surface area contributed by atoms with E-state index in [1.54, 1.807) is 0 Å². The lowest BCUT2D eigenvalue weighted by atomic mass is 10.1. The first-order valence-electron chi connectivity index (χ1n) is 7.86. The fraction of sp³-hybridized carbons (Fsp3) is 0.200. The second-order valence-corrected chi connectivity index (χ2v) is 5.83. The molecule has 3 heteroatoms. The molecule has 1 aliphatic rings. The Balaban J connectivity index is 1.52. The first-order valence-corrected chi connectivity index (χ1v) is 7.86. The third-order valence-electron chi connectivity index (χ3n) is 4.01. The van der Waals surface area contributed by atoms with Crippen LogP contribution in [0.25, 0.3) is 6.08 Å². The van der Waals surface area contributed by atoms with Gasteiger partial charge in [-0.15, -0.1) is 0 Å². The van der Waals surface area contributed by atoms with Crippen LogP contribution in [-0.2, 0) is 4.79 Å². The maximum Gasteiger partial charge on any atom is 0.243 e. The molecular weight excluding hydrogens is 284 g/mol. The van der Waals surface area contributed by atoms with Crippen molar-refractivity contribution in [3.05, 3.63) is 77.9 Å². The van der Waals surface area contributed by atoms with Crippen LogP contribution in [0.4, 0.5) is 0 Å². The van der Waals surface area contributed by atoms with E-state index in [0.717, 1.165) is 17.7 Å².